The quantitative estimate of drug-likeness (QED) is 0.522. The summed E-state index contributed by atoms with van der Waals surface area (Å²) >= 11 is 0. The largest absolute Gasteiger partial charge is 0.0651 e. The van der Waals surface area contributed by atoms with Crippen LogP contribution in [-0.4, -0.2) is 0 Å². The van der Waals surface area contributed by atoms with E-state index in [-0.39, 0.29) is 0 Å². The van der Waals surface area contributed by atoms with Gasteiger partial charge in [-0.3, -0.25) is 0 Å². The van der Waals surface area contributed by atoms with Crippen molar-refractivity contribution in [3.8, 4) is 0 Å². The first-order chi connectivity index (χ1) is 4.85. The molecule has 1 fully saturated rings. The highest BCUT2D eigenvalue weighted by Gasteiger charge is 2.59. The molecular formula is C10H16. The molecule has 10 heavy (non-hydrogen) atoms. The fourth-order valence-corrected chi connectivity index (χ4v) is 2.41. The third kappa shape index (κ3) is 0.624. The van der Waals surface area contributed by atoms with Crippen molar-refractivity contribution in [1.29, 1.82) is 0 Å². The lowest BCUT2D eigenvalue weighted by atomic mass is 10.2. The molecule has 0 nitrogen and oxygen atoms in total. The second kappa shape index (κ2) is 1.87. The molecule has 2 aliphatic rings. The smallest absolute Gasteiger partial charge is 0.0127 e. The number of allylic oxidation sites excluding steroid dienone is 2. The zero-order valence-corrected chi connectivity index (χ0v) is 7.04. The lowest BCUT2D eigenvalue weighted by Crippen LogP contribution is -1.77. The average Bonchev–Trinajstić information content (AvgIpc) is 2.79. The zero-order valence-electron chi connectivity index (χ0n) is 7.04. The molecular weight excluding hydrogens is 120 g/mol. The van der Waals surface area contributed by atoms with Crippen LogP contribution in [0.3, 0.4) is 0 Å². The molecule has 0 unspecified atom stereocenters. The highest BCUT2D eigenvalue weighted by Crippen LogP contribution is 2.72. The first-order valence-corrected chi connectivity index (χ1v) is 4.58. The summed E-state index contributed by atoms with van der Waals surface area (Å²) in [6.45, 7) is 4.59. The molecule has 2 aliphatic carbocycles. The Morgan fingerprint density at radius 3 is 2.20 bits per heavy atom. The van der Waals surface area contributed by atoms with Crippen molar-refractivity contribution in [2.45, 2.75) is 46.0 Å². The van der Waals surface area contributed by atoms with Gasteiger partial charge < -0.3 is 0 Å². The predicted octanol–water partition coefficient (Wildman–Crippen LogP) is 3.29. The Morgan fingerprint density at radius 1 is 1.20 bits per heavy atom. The molecule has 0 radical (unpaired) electrons. The predicted molar refractivity (Wildman–Crippen MR) is 43.9 cm³/mol. The first kappa shape index (κ1) is 6.45. The normalized spacial score (nSPS) is 25.8. The zero-order chi connectivity index (χ0) is 7.19. The van der Waals surface area contributed by atoms with Crippen molar-refractivity contribution in [2.24, 2.45) is 5.41 Å². The topological polar surface area (TPSA) is 0 Å². The molecule has 0 bridgehead atoms. The van der Waals surface area contributed by atoms with Gasteiger partial charge in [0.2, 0.25) is 0 Å². The lowest BCUT2D eigenvalue weighted by Gasteiger charge is -1.89. The summed E-state index contributed by atoms with van der Waals surface area (Å²) in [5, 5.41) is 0. The average molecular weight is 136 g/mol. The van der Waals surface area contributed by atoms with E-state index in [1.807, 2.05) is 11.1 Å². The van der Waals surface area contributed by atoms with E-state index in [4.69, 9.17) is 0 Å². The Labute approximate surface area is 63.3 Å². The highest BCUT2D eigenvalue weighted by atomic mass is 14.6. The van der Waals surface area contributed by atoms with Crippen LogP contribution in [0.1, 0.15) is 46.0 Å². The maximum Gasteiger partial charge on any atom is 0.0127 e. The van der Waals surface area contributed by atoms with Crippen molar-refractivity contribution < 1.29 is 0 Å². The van der Waals surface area contributed by atoms with Crippen LogP contribution in [0.4, 0.5) is 0 Å². The lowest BCUT2D eigenvalue weighted by molar-refractivity contribution is 0.812. The van der Waals surface area contributed by atoms with Crippen LogP contribution < -0.4 is 0 Å². The minimum Gasteiger partial charge on any atom is -0.0651 e. The third-order valence-corrected chi connectivity index (χ3v) is 3.06. The van der Waals surface area contributed by atoms with Gasteiger partial charge >= 0.3 is 0 Å². The van der Waals surface area contributed by atoms with Crippen molar-refractivity contribution in [3.05, 3.63) is 11.1 Å². The third-order valence-electron chi connectivity index (χ3n) is 3.06. The van der Waals surface area contributed by atoms with Gasteiger partial charge in [-0.15, -0.1) is 0 Å². The molecule has 0 heterocycles. The molecule has 1 saturated carbocycles. The number of hydrogen-bond acceptors (Lipinski definition) is 0. The molecule has 0 amide bonds. The minimum absolute atomic E-state index is 0.769. The second-order valence-electron chi connectivity index (χ2n) is 3.64. The van der Waals surface area contributed by atoms with Crippen LogP contribution in [0, 0.1) is 5.41 Å². The summed E-state index contributed by atoms with van der Waals surface area (Å²) in [6.07, 6.45) is 7.05. The van der Waals surface area contributed by atoms with Crippen molar-refractivity contribution >= 4 is 0 Å². The van der Waals surface area contributed by atoms with E-state index in [0.717, 1.165) is 5.41 Å². The molecule has 0 aromatic rings. The van der Waals surface area contributed by atoms with Crippen molar-refractivity contribution in [3.63, 3.8) is 0 Å². The number of hydrogen-bond donors (Lipinski definition) is 0. The molecule has 1 spiro atoms. The molecule has 56 valence electrons. The van der Waals surface area contributed by atoms with Gasteiger partial charge in [0, 0.05) is 5.41 Å². The van der Waals surface area contributed by atoms with E-state index in [1.165, 1.54) is 32.1 Å². The van der Waals surface area contributed by atoms with Gasteiger partial charge in [0.15, 0.2) is 0 Å². The van der Waals surface area contributed by atoms with Crippen LogP contribution >= 0.6 is 0 Å². The minimum atomic E-state index is 0.769. The van der Waals surface area contributed by atoms with E-state index in [2.05, 4.69) is 13.8 Å². The molecule has 0 atom stereocenters. The Balaban J connectivity index is 2.00. The van der Waals surface area contributed by atoms with Gasteiger partial charge in [-0.2, -0.15) is 0 Å². The summed E-state index contributed by atoms with van der Waals surface area (Å²) in [6, 6.07) is 0. The van der Waals surface area contributed by atoms with Gasteiger partial charge in [-0.25, -0.2) is 0 Å². The van der Waals surface area contributed by atoms with Gasteiger partial charge in [-0.05, 0) is 25.7 Å². The Bertz CT molecular complexity index is 182. The first-order valence-electron chi connectivity index (χ1n) is 4.58. The standard InChI is InChI=1S/C10H16/c1-3-5-9-8(4-2)10(9)6-7-10/h3-7H2,1-2H3. The Kier molecular flexibility index (Phi) is 1.21. The van der Waals surface area contributed by atoms with Gasteiger partial charge in [-0.1, -0.05) is 31.4 Å². The monoisotopic (exact) mass is 136 g/mol. The maximum atomic E-state index is 2.30. The van der Waals surface area contributed by atoms with Crippen LogP contribution in [-0.2, 0) is 0 Å². The van der Waals surface area contributed by atoms with Crippen LogP contribution in [0.2, 0.25) is 0 Å². The summed E-state index contributed by atoms with van der Waals surface area (Å²) in [5.41, 5.74) is 4.44. The van der Waals surface area contributed by atoms with E-state index in [0.29, 0.717) is 0 Å². The molecule has 0 aromatic heterocycles. The summed E-state index contributed by atoms with van der Waals surface area (Å²) < 4.78 is 0. The van der Waals surface area contributed by atoms with Crippen LogP contribution in [0.25, 0.3) is 0 Å². The van der Waals surface area contributed by atoms with E-state index < -0.39 is 0 Å². The number of rotatable bonds is 3. The molecule has 0 N–H and O–H groups in total. The van der Waals surface area contributed by atoms with Crippen molar-refractivity contribution in [2.75, 3.05) is 0 Å². The Hall–Kier alpha value is -0.260. The fourth-order valence-electron chi connectivity index (χ4n) is 2.41. The van der Waals surface area contributed by atoms with Gasteiger partial charge in [0.25, 0.3) is 0 Å². The van der Waals surface area contributed by atoms with E-state index >= 15 is 0 Å². The molecule has 0 aliphatic heterocycles. The summed E-state index contributed by atoms with van der Waals surface area (Å²) in [5.74, 6) is 0. The fraction of sp³-hybridized carbons (Fsp3) is 0.800. The van der Waals surface area contributed by atoms with Crippen LogP contribution in [0.15, 0.2) is 11.1 Å². The SMILES string of the molecule is CCCC1=C(CC)C12CC2. The van der Waals surface area contributed by atoms with E-state index in [1.54, 1.807) is 0 Å². The summed E-state index contributed by atoms with van der Waals surface area (Å²) in [7, 11) is 0. The second-order valence-corrected chi connectivity index (χ2v) is 3.64. The molecule has 0 heteroatoms. The maximum absolute atomic E-state index is 2.30. The molecule has 0 saturated heterocycles. The van der Waals surface area contributed by atoms with E-state index in [9.17, 15) is 0 Å². The summed E-state index contributed by atoms with van der Waals surface area (Å²) in [4.78, 5) is 0. The molecule has 0 aromatic carbocycles. The van der Waals surface area contributed by atoms with Gasteiger partial charge in [0.05, 0.1) is 0 Å². The molecule has 2 rings (SSSR count). The highest BCUT2D eigenvalue weighted by molar-refractivity contribution is 5.54. The van der Waals surface area contributed by atoms with Crippen molar-refractivity contribution in [1.82, 2.24) is 0 Å². The van der Waals surface area contributed by atoms with Crippen LogP contribution in [0.5, 0.6) is 0 Å². The van der Waals surface area contributed by atoms with Gasteiger partial charge in [0.1, 0.15) is 0 Å². The Morgan fingerprint density at radius 2 is 1.90 bits per heavy atom.